The second-order valence-corrected chi connectivity index (χ2v) is 7.09. The average Bonchev–Trinajstić information content (AvgIpc) is 3.36. The number of furan rings is 1. The molecule has 5 nitrogen and oxygen atoms in total. The van der Waals surface area contributed by atoms with Crippen LogP contribution in [0, 0.1) is 0 Å². The molecule has 0 spiro atoms. The first-order valence-electron chi connectivity index (χ1n) is 8.69. The monoisotopic (exact) mass is 377 g/mol. The lowest BCUT2D eigenvalue weighted by Gasteiger charge is -2.07. The molecule has 0 fully saturated rings. The van der Waals surface area contributed by atoms with Crippen LogP contribution >= 0.6 is 11.8 Å². The van der Waals surface area contributed by atoms with Crippen molar-refractivity contribution < 1.29 is 9.21 Å². The van der Waals surface area contributed by atoms with Crippen molar-refractivity contribution >= 4 is 28.6 Å². The maximum Gasteiger partial charge on any atom is 0.240 e. The summed E-state index contributed by atoms with van der Waals surface area (Å²) >= 11 is 1.71. The zero-order valence-corrected chi connectivity index (χ0v) is 15.5. The van der Waals surface area contributed by atoms with Gasteiger partial charge in [0.15, 0.2) is 0 Å². The summed E-state index contributed by atoms with van der Waals surface area (Å²) < 4.78 is 7.18. The largest absolute Gasteiger partial charge is 0.467 e. The van der Waals surface area contributed by atoms with Crippen LogP contribution in [0.2, 0.25) is 0 Å². The van der Waals surface area contributed by atoms with Crippen LogP contribution in [-0.2, 0) is 23.6 Å². The lowest BCUT2D eigenvalue weighted by Crippen LogP contribution is -2.26. The number of aromatic nitrogens is 2. The van der Waals surface area contributed by atoms with E-state index < -0.39 is 0 Å². The fourth-order valence-corrected chi connectivity index (χ4v) is 3.84. The predicted octanol–water partition coefficient (Wildman–Crippen LogP) is 4.24. The van der Waals surface area contributed by atoms with E-state index in [-0.39, 0.29) is 12.5 Å². The summed E-state index contributed by atoms with van der Waals surface area (Å²) in [5.41, 5.74) is 2.27. The van der Waals surface area contributed by atoms with Crippen molar-refractivity contribution in [2.24, 2.45) is 0 Å². The molecule has 0 radical (unpaired) electrons. The van der Waals surface area contributed by atoms with E-state index in [1.807, 2.05) is 53.2 Å². The first-order valence-corrected chi connectivity index (χ1v) is 9.68. The second kappa shape index (κ2) is 8.14. The van der Waals surface area contributed by atoms with E-state index >= 15 is 0 Å². The molecule has 27 heavy (non-hydrogen) atoms. The molecule has 0 aliphatic rings. The number of hydrogen-bond acceptors (Lipinski definition) is 4. The Morgan fingerprint density at radius 3 is 2.81 bits per heavy atom. The van der Waals surface area contributed by atoms with Gasteiger partial charge in [-0.3, -0.25) is 4.79 Å². The quantitative estimate of drug-likeness (QED) is 0.490. The van der Waals surface area contributed by atoms with E-state index in [9.17, 15) is 4.79 Å². The number of hydrogen-bond donors (Lipinski definition) is 1. The molecule has 4 rings (SSSR count). The third-order valence-corrected chi connectivity index (χ3v) is 5.31. The summed E-state index contributed by atoms with van der Waals surface area (Å²) in [4.78, 5) is 16.8. The average molecular weight is 377 g/mol. The topological polar surface area (TPSA) is 60.1 Å². The van der Waals surface area contributed by atoms with Crippen molar-refractivity contribution in [2.45, 2.75) is 23.9 Å². The van der Waals surface area contributed by atoms with E-state index in [0.29, 0.717) is 6.54 Å². The normalized spacial score (nSPS) is 11.0. The smallest absolute Gasteiger partial charge is 0.240 e. The van der Waals surface area contributed by atoms with Gasteiger partial charge in [-0.2, -0.15) is 0 Å². The lowest BCUT2D eigenvalue weighted by molar-refractivity contribution is -0.121. The molecular formula is C21H19N3O2S. The van der Waals surface area contributed by atoms with Crippen LogP contribution in [0.5, 0.6) is 0 Å². The number of benzene rings is 1. The summed E-state index contributed by atoms with van der Waals surface area (Å²) in [6, 6.07) is 17.9. The highest BCUT2D eigenvalue weighted by Gasteiger charge is 2.10. The van der Waals surface area contributed by atoms with Crippen LogP contribution in [0.15, 0.2) is 82.7 Å². The first-order chi connectivity index (χ1) is 13.3. The summed E-state index contributed by atoms with van der Waals surface area (Å²) in [6.07, 6.45) is 5.33. The molecule has 0 bridgehead atoms. The number of fused-ring (bicyclic) bond motifs is 1. The molecule has 0 saturated carbocycles. The Hall–Kier alpha value is -2.99. The molecule has 3 aromatic heterocycles. The van der Waals surface area contributed by atoms with Crippen LogP contribution in [0.1, 0.15) is 11.3 Å². The maximum absolute atomic E-state index is 12.3. The number of pyridine rings is 1. The zero-order chi connectivity index (χ0) is 18.5. The Bertz CT molecular complexity index is 1030. The second-order valence-electron chi connectivity index (χ2n) is 6.12. The SMILES string of the molecule is O=C(Cn1ccc2c(SCc3ccccc3)nccc21)NCc1ccco1. The van der Waals surface area contributed by atoms with Crippen molar-refractivity contribution in [3.63, 3.8) is 0 Å². The van der Waals surface area contributed by atoms with Gasteiger partial charge in [0.05, 0.1) is 18.3 Å². The maximum atomic E-state index is 12.3. The molecule has 4 aromatic rings. The third kappa shape index (κ3) is 4.23. The van der Waals surface area contributed by atoms with Gasteiger partial charge in [0.1, 0.15) is 17.3 Å². The Kier molecular flexibility index (Phi) is 5.25. The van der Waals surface area contributed by atoms with Gasteiger partial charge in [-0.05, 0) is 29.8 Å². The fourth-order valence-electron chi connectivity index (χ4n) is 2.88. The van der Waals surface area contributed by atoms with Gasteiger partial charge in [0.25, 0.3) is 0 Å². The number of rotatable bonds is 7. The molecule has 6 heteroatoms. The lowest BCUT2D eigenvalue weighted by atomic mass is 10.2. The van der Waals surface area contributed by atoms with E-state index in [1.165, 1.54) is 5.56 Å². The zero-order valence-electron chi connectivity index (χ0n) is 14.7. The minimum absolute atomic E-state index is 0.0563. The number of amides is 1. The highest BCUT2D eigenvalue weighted by molar-refractivity contribution is 7.98. The number of carbonyl (C=O) groups is 1. The van der Waals surface area contributed by atoms with Gasteiger partial charge in [0, 0.05) is 23.5 Å². The highest BCUT2D eigenvalue weighted by Crippen LogP contribution is 2.29. The van der Waals surface area contributed by atoms with E-state index in [1.54, 1.807) is 24.2 Å². The third-order valence-electron chi connectivity index (χ3n) is 4.23. The molecule has 1 aromatic carbocycles. The number of nitrogens with one attached hydrogen (secondary N) is 1. The minimum atomic E-state index is -0.0563. The summed E-state index contributed by atoms with van der Waals surface area (Å²) in [6.45, 7) is 0.655. The Morgan fingerprint density at radius 1 is 1.11 bits per heavy atom. The van der Waals surface area contributed by atoms with Gasteiger partial charge in [0.2, 0.25) is 5.91 Å². The van der Waals surface area contributed by atoms with Gasteiger partial charge in [-0.1, -0.05) is 30.3 Å². The predicted molar refractivity (Wildman–Crippen MR) is 106 cm³/mol. The molecule has 1 amide bonds. The molecular weight excluding hydrogens is 358 g/mol. The molecule has 1 N–H and O–H groups in total. The molecule has 0 unspecified atom stereocenters. The van der Waals surface area contributed by atoms with Crippen LogP contribution in [0.4, 0.5) is 0 Å². The molecule has 0 saturated heterocycles. The Morgan fingerprint density at radius 2 is 2.00 bits per heavy atom. The number of carbonyl (C=O) groups excluding carboxylic acids is 1. The number of thioether (sulfide) groups is 1. The van der Waals surface area contributed by atoms with Gasteiger partial charge >= 0.3 is 0 Å². The van der Waals surface area contributed by atoms with Gasteiger partial charge in [-0.25, -0.2) is 4.98 Å². The van der Waals surface area contributed by atoms with Crippen LogP contribution < -0.4 is 5.32 Å². The molecule has 3 heterocycles. The van der Waals surface area contributed by atoms with Crippen molar-refractivity contribution in [3.05, 3.63) is 84.6 Å². The standard InChI is InChI=1S/C21H19N3O2S/c25-20(23-13-17-7-4-12-26-17)14-24-11-9-18-19(24)8-10-22-21(18)27-15-16-5-2-1-3-6-16/h1-12H,13-15H2,(H,23,25). The molecule has 0 aliphatic heterocycles. The van der Waals surface area contributed by atoms with E-state index in [2.05, 4.69) is 22.4 Å². The highest BCUT2D eigenvalue weighted by atomic mass is 32.2. The Balaban J connectivity index is 1.44. The van der Waals surface area contributed by atoms with Gasteiger partial charge in [-0.15, -0.1) is 11.8 Å². The van der Waals surface area contributed by atoms with Crippen LogP contribution in [-0.4, -0.2) is 15.5 Å². The number of nitrogens with zero attached hydrogens (tertiary/aromatic N) is 2. The first kappa shape index (κ1) is 17.4. The van der Waals surface area contributed by atoms with Crippen molar-refractivity contribution in [1.29, 1.82) is 0 Å². The fraction of sp³-hybridized carbons (Fsp3) is 0.143. The van der Waals surface area contributed by atoms with Crippen LogP contribution in [0.3, 0.4) is 0 Å². The summed E-state index contributed by atoms with van der Waals surface area (Å²) in [5.74, 6) is 1.55. The van der Waals surface area contributed by atoms with E-state index in [4.69, 9.17) is 4.42 Å². The molecule has 136 valence electrons. The van der Waals surface area contributed by atoms with E-state index in [0.717, 1.165) is 27.4 Å². The van der Waals surface area contributed by atoms with Crippen LogP contribution in [0.25, 0.3) is 10.9 Å². The summed E-state index contributed by atoms with van der Waals surface area (Å²) in [5, 5.41) is 4.92. The Labute approximate surface area is 161 Å². The minimum Gasteiger partial charge on any atom is -0.467 e. The van der Waals surface area contributed by atoms with Crippen molar-refractivity contribution in [3.8, 4) is 0 Å². The van der Waals surface area contributed by atoms with Crippen molar-refractivity contribution in [1.82, 2.24) is 14.9 Å². The van der Waals surface area contributed by atoms with Crippen molar-refractivity contribution in [2.75, 3.05) is 0 Å². The van der Waals surface area contributed by atoms with Gasteiger partial charge < -0.3 is 14.3 Å². The summed E-state index contributed by atoms with van der Waals surface area (Å²) in [7, 11) is 0. The molecule has 0 atom stereocenters. The molecule has 0 aliphatic carbocycles.